The van der Waals surface area contributed by atoms with E-state index in [1.54, 1.807) is 0 Å². The maximum atomic E-state index is 9.04. The van der Waals surface area contributed by atoms with E-state index in [0.29, 0.717) is 5.96 Å². The molecule has 1 fully saturated rings. The summed E-state index contributed by atoms with van der Waals surface area (Å²) in [5.74, 6) is 0.518. The van der Waals surface area contributed by atoms with Gasteiger partial charge in [-0.15, -0.1) is 0 Å². The number of anilines is 1. The van der Waals surface area contributed by atoms with Gasteiger partial charge in [0.2, 0.25) is 11.9 Å². The minimum absolute atomic E-state index is 0.131. The Morgan fingerprint density at radius 2 is 1.83 bits per heavy atom. The van der Waals surface area contributed by atoms with Crippen LogP contribution in [0.25, 0.3) is 0 Å². The fraction of sp³-hybridized carbons (Fsp3) is 0.471. The maximum absolute atomic E-state index is 9.04. The summed E-state index contributed by atoms with van der Waals surface area (Å²) in [5, 5.41) is 9.04. The topological polar surface area (TPSA) is 104 Å². The monoisotopic (exact) mass is 310 g/mol. The molecule has 1 atom stereocenters. The largest absolute Gasteiger partial charge is 0.369 e. The lowest BCUT2D eigenvalue weighted by Gasteiger charge is -2.45. The van der Waals surface area contributed by atoms with Crippen molar-refractivity contribution in [2.45, 2.75) is 50.6 Å². The average Bonchev–Trinajstić information content (AvgIpc) is 2.54. The predicted octanol–water partition coefficient (Wildman–Crippen LogP) is 2.42. The van der Waals surface area contributed by atoms with Crippen LogP contribution in [0.15, 0.2) is 34.3 Å². The number of aliphatic imine (C=N–C) groups is 2. The van der Waals surface area contributed by atoms with Crippen LogP contribution in [0.3, 0.4) is 0 Å². The van der Waals surface area contributed by atoms with Gasteiger partial charge in [-0.1, -0.05) is 18.6 Å². The Morgan fingerprint density at radius 1 is 1.17 bits per heavy atom. The number of hydrogen-bond acceptors (Lipinski definition) is 6. The molecule has 6 heteroatoms. The Bertz CT molecular complexity index is 676. The second-order valence-electron chi connectivity index (χ2n) is 6.26. The Hall–Kier alpha value is -2.55. The van der Waals surface area contributed by atoms with Crippen molar-refractivity contribution in [1.82, 2.24) is 0 Å². The van der Waals surface area contributed by atoms with Crippen LogP contribution in [-0.2, 0) is 0 Å². The molecule has 6 nitrogen and oxygen atoms in total. The van der Waals surface area contributed by atoms with Crippen LogP contribution in [0.5, 0.6) is 0 Å². The molecule has 1 unspecified atom stereocenters. The molecule has 1 aliphatic carbocycles. The standard InChI is InChI=1S/C17H22N6/c1-12(11-18)13-5-7-14(8-6-13)23-16(20)21-15(19)22-17(23)9-3-2-4-10-17/h5-8,12H,2-4,9-10H2,1H3,(H4,19,20,21,22). The highest BCUT2D eigenvalue weighted by Gasteiger charge is 2.42. The zero-order valence-corrected chi connectivity index (χ0v) is 13.4. The van der Waals surface area contributed by atoms with Crippen molar-refractivity contribution in [1.29, 1.82) is 5.26 Å². The molecule has 1 aliphatic heterocycles. The number of nitrogens with two attached hydrogens (primary N) is 2. The zero-order valence-electron chi connectivity index (χ0n) is 13.4. The Kier molecular flexibility index (Phi) is 3.95. The summed E-state index contributed by atoms with van der Waals surface area (Å²) in [6.45, 7) is 1.89. The van der Waals surface area contributed by atoms with E-state index in [1.165, 1.54) is 6.42 Å². The average molecular weight is 310 g/mol. The third-order valence-electron chi connectivity index (χ3n) is 4.70. The summed E-state index contributed by atoms with van der Waals surface area (Å²) in [6, 6.07) is 10.2. The van der Waals surface area contributed by atoms with Crippen molar-refractivity contribution in [3.05, 3.63) is 29.8 Å². The number of benzene rings is 1. The maximum Gasteiger partial charge on any atom is 0.220 e. The first-order valence-corrected chi connectivity index (χ1v) is 8.05. The molecule has 0 amide bonds. The van der Waals surface area contributed by atoms with Crippen molar-refractivity contribution >= 4 is 17.6 Å². The number of hydrogen-bond donors (Lipinski definition) is 2. The third-order valence-corrected chi connectivity index (χ3v) is 4.70. The van der Waals surface area contributed by atoms with Gasteiger partial charge in [0.05, 0.1) is 12.0 Å². The molecule has 0 saturated heterocycles. The minimum atomic E-state index is -0.420. The molecule has 1 heterocycles. The van der Waals surface area contributed by atoms with Crippen LogP contribution in [0.4, 0.5) is 5.69 Å². The molecular weight excluding hydrogens is 288 g/mol. The van der Waals surface area contributed by atoms with Crippen molar-refractivity contribution in [2.24, 2.45) is 21.5 Å². The molecule has 1 saturated carbocycles. The van der Waals surface area contributed by atoms with Gasteiger partial charge in [0.25, 0.3) is 0 Å². The van der Waals surface area contributed by atoms with Gasteiger partial charge >= 0.3 is 0 Å². The van der Waals surface area contributed by atoms with Crippen molar-refractivity contribution in [3.8, 4) is 6.07 Å². The Balaban J connectivity index is 1.99. The first kappa shape index (κ1) is 15.3. The van der Waals surface area contributed by atoms with Crippen LogP contribution in [0.2, 0.25) is 0 Å². The minimum Gasteiger partial charge on any atom is -0.369 e. The van der Waals surface area contributed by atoms with E-state index in [2.05, 4.69) is 16.1 Å². The van der Waals surface area contributed by atoms with E-state index in [1.807, 2.05) is 36.1 Å². The van der Waals surface area contributed by atoms with E-state index in [4.69, 9.17) is 16.7 Å². The highest BCUT2D eigenvalue weighted by atomic mass is 15.4. The molecule has 3 rings (SSSR count). The number of nitriles is 1. The molecule has 0 aromatic heterocycles. The van der Waals surface area contributed by atoms with E-state index < -0.39 is 5.66 Å². The van der Waals surface area contributed by atoms with Crippen LogP contribution in [0.1, 0.15) is 50.5 Å². The van der Waals surface area contributed by atoms with E-state index in [-0.39, 0.29) is 11.9 Å². The smallest absolute Gasteiger partial charge is 0.220 e. The molecule has 1 spiro atoms. The fourth-order valence-corrected chi connectivity index (χ4v) is 3.48. The van der Waals surface area contributed by atoms with Gasteiger partial charge in [-0.2, -0.15) is 10.3 Å². The summed E-state index contributed by atoms with van der Waals surface area (Å²) in [5.41, 5.74) is 13.6. The fourth-order valence-electron chi connectivity index (χ4n) is 3.48. The van der Waals surface area contributed by atoms with Crippen molar-refractivity contribution < 1.29 is 0 Å². The van der Waals surface area contributed by atoms with E-state index >= 15 is 0 Å². The molecule has 1 aromatic rings. The lowest BCUT2D eigenvalue weighted by atomic mass is 9.87. The second-order valence-corrected chi connectivity index (χ2v) is 6.26. The first-order valence-electron chi connectivity index (χ1n) is 8.05. The molecular formula is C17H22N6. The normalized spacial score (nSPS) is 21.3. The molecule has 23 heavy (non-hydrogen) atoms. The van der Waals surface area contributed by atoms with Crippen LogP contribution in [0, 0.1) is 11.3 Å². The van der Waals surface area contributed by atoms with Crippen molar-refractivity contribution in [3.63, 3.8) is 0 Å². The highest BCUT2D eigenvalue weighted by molar-refractivity contribution is 6.05. The van der Waals surface area contributed by atoms with Crippen LogP contribution in [-0.4, -0.2) is 17.6 Å². The van der Waals surface area contributed by atoms with Crippen LogP contribution >= 0.6 is 0 Å². The number of nitrogens with zero attached hydrogens (tertiary/aromatic N) is 4. The van der Waals surface area contributed by atoms with Gasteiger partial charge in [0.15, 0.2) is 0 Å². The summed E-state index contributed by atoms with van der Waals surface area (Å²) in [6.07, 6.45) is 5.25. The third kappa shape index (κ3) is 2.74. The molecule has 120 valence electrons. The lowest BCUT2D eigenvalue weighted by molar-refractivity contribution is 0.305. The predicted molar refractivity (Wildman–Crippen MR) is 92.0 cm³/mol. The molecule has 4 N–H and O–H groups in total. The van der Waals surface area contributed by atoms with Gasteiger partial charge in [0.1, 0.15) is 5.66 Å². The van der Waals surface area contributed by atoms with Crippen LogP contribution < -0.4 is 16.4 Å². The summed E-state index contributed by atoms with van der Waals surface area (Å²) < 4.78 is 0. The Labute approximate surface area is 136 Å². The molecule has 0 bridgehead atoms. The van der Waals surface area contributed by atoms with Gasteiger partial charge in [-0.05, 0) is 50.3 Å². The van der Waals surface area contributed by atoms with Crippen molar-refractivity contribution in [2.75, 3.05) is 4.90 Å². The van der Waals surface area contributed by atoms with E-state index in [0.717, 1.165) is 36.9 Å². The summed E-state index contributed by atoms with van der Waals surface area (Å²) >= 11 is 0. The molecule has 1 aromatic carbocycles. The van der Waals surface area contributed by atoms with Gasteiger partial charge in [-0.3, -0.25) is 4.90 Å². The van der Waals surface area contributed by atoms with Gasteiger partial charge in [-0.25, -0.2) is 4.99 Å². The number of guanidine groups is 2. The second kappa shape index (κ2) is 5.92. The van der Waals surface area contributed by atoms with Gasteiger partial charge < -0.3 is 11.5 Å². The quantitative estimate of drug-likeness (QED) is 0.875. The molecule has 2 aliphatic rings. The molecule has 0 radical (unpaired) electrons. The number of rotatable bonds is 2. The Morgan fingerprint density at radius 3 is 2.43 bits per heavy atom. The SMILES string of the molecule is CC(C#N)c1ccc(N2C(N)=NC(N)=NC23CCCCC3)cc1. The summed E-state index contributed by atoms with van der Waals surface area (Å²) in [7, 11) is 0. The lowest BCUT2D eigenvalue weighted by Crippen LogP contribution is -2.58. The summed E-state index contributed by atoms with van der Waals surface area (Å²) in [4.78, 5) is 10.8. The van der Waals surface area contributed by atoms with Gasteiger partial charge in [0, 0.05) is 5.69 Å². The van der Waals surface area contributed by atoms with E-state index in [9.17, 15) is 0 Å². The highest BCUT2D eigenvalue weighted by Crippen LogP contribution is 2.39. The first-order chi connectivity index (χ1) is 11.1. The zero-order chi connectivity index (χ0) is 16.4.